The van der Waals surface area contributed by atoms with Gasteiger partial charge in [0.05, 0.1) is 15.4 Å². The molecule has 5 heterocycles. The first-order valence-corrected chi connectivity index (χ1v) is 17.8. The molecular weight excluding hydrogens is 717 g/mol. The van der Waals surface area contributed by atoms with E-state index < -0.39 is 5.97 Å². The summed E-state index contributed by atoms with van der Waals surface area (Å²) in [4.78, 5) is 47.9. The van der Waals surface area contributed by atoms with E-state index in [1.54, 1.807) is 54.6 Å². The number of furan rings is 2. The zero-order valence-electron chi connectivity index (χ0n) is 26.1. The highest BCUT2D eigenvalue weighted by Gasteiger charge is 2.24. The summed E-state index contributed by atoms with van der Waals surface area (Å²) < 4.78 is 12.3. The molecule has 2 aromatic carbocycles. The van der Waals surface area contributed by atoms with Gasteiger partial charge < -0.3 is 24.6 Å². The van der Waals surface area contributed by atoms with Gasteiger partial charge in [-0.25, -0.2) is 9.80 Å². The molecule has 3 aliphatic heterocycles. The van der Waals surface area contributed by atoms with Crippen molar-refractivity contribution in [3.05, 3.63) is 105 Å². The zero-order chi connectivity index (χ0) is 35.2. The van der Waals surface area contributed by atoms with E-state index in [1.807, 2.05) is 23.2 Å². The molecule has 4 N–H and O–H groups in total. The standard InChI is InChI=1S/C20H19N3O3S2.C15H9NO4S2/c24-18(22-23-9-2-1-3-10-23)14-6-4-5-13(11-14)16-8-7-15(26-16)12-17-19(25)21-20(27)28-17;17-13-12(22-15(21)16-13)7-10-4-5-11(20-10)8-2-1-3-9(6-8)14(18)19/h4-8,11-12H,1-3,9-10H2,(H,22,24)(H,21,25,27);1-7H,(H,18,19)(H,16,17,21)/b17-12-;12-7-. The third kappa shape index (κ3) is 8.86. The van der Waals surface area contributed by atoms with Gasteiger partial charge in [0, 0.05) is 41.9 Å². The van der Waals surface area contributed by atoms with Crippen molar-refractivity contribution in [1.82, 2.24) is 21.1 Å². The lowest BCUT2D eigenvalue weighted by Crippen LogP contribution is -2.45. The fourth-order valence-corrected chi connectivity index (χ4v) is 7.15. The van der Waals surface area contributed by atoms with Gasteiger partial charge >= 0.3 is 5.97 Å². The first kappa shape index (κ1) is 35.0. The summed E-state index contributed by atoms with van der Waals surface area (Å²) in [5.74, 6) is 0.628. The number of hydrogen-bond donors (Lipinski definition) is 4. The van der Waals surface area contributed by atoms with E-state index in [9.17, 15) is 19.2 Å². The third-order valence-electron chi connectivity index (χ3n) is 7.50. The Balaban J connectivity index is 0.000000178. The number of thioether (sulfide) groups is 2. The molecule has 50 heavy (non-hydrogen) atoms. The number of nitrogens with zero attached hydrogens (tertiary/aromatic N) is 1. The molecule has 2 aromatic heterocycles. The summed E-state index contributed by atoms with van der Waals surface area (Å²) in [6.45, 7) is 1.77. The van der Waals surface area contributed by atoms with Crippen LogP contribution in [-0.2, 0) is 9.59 Å². The second kappa shape index (κ2) is 15.8. The Hall–Kier alpha value is -4.80. The van der Waals surface area contributed by atoms with Gasteiger partial charge in [-0.3, -0.25) is 19.8 Å². The predicted molar refractivity (Wildman–Crippen MR) is 201 cm³/mol. The number of carbonyl (C=O) groups excluding carboxylic acids is 3. The second-order valence-electron chi connectivity index (χ2n) is 11.1. The average Bonchev–Trinajstić information content (AvgIpc) is 3.91. The largest absolute Gasteiger partial charge is 0.478 e. The van der Waals surface area contributed by atoms with E-state index in [0.29, 0.717) is 52.6 Å². The van der Waals surface area contributed by atoms with E-state index in [0.717, 1.165) is 31.5 Å². The van der Waals surface area contributed by atoms with Crippen molar-refractivity contribution in [3.63, 3.8) is 0 Å². The lowest BCUT2D eigenvalue weighted by molar-refractivity contribution is -0.116. The number of amides is 3. The number of aromatic carboxylic acids is 1. The van der Waals surface area contributed by atoms with Crippen molar-refractivity contribution in [2.75, 3.05) is 13.1 Å². The van der Waals surface area contributed by atoms with Crippen molar-refractivity contribution in [1.29, 1.82) is 0 Å². The highest BCUT2D eigenvalue weighted by atomic mass is 32.2. The Labute approximate surface area is 305 Å². The van der Waals surface area contributed by atoms with Crippen LogP contribution in [0.15, 0.2) is 91.4 Å². The fourth-order valence-electron chi connectivity index (χ4n) is 5.10. The number of hydrazine groups is 1. The predicted octanol–water partition coefficient (Wildman–Crippen LogP) is 6.70. The summed E-state index contributed by atoms with van der Waals surface area (Å²) in [7, 11) is 0. The van der Waals surface area contributed by atoms with Crippen LogP contribution in [0.25, 0.3) is 34.8 Å². The minimum absolute atomic E-state index is 0.120. The molecule has 0 saturated carbocycles. The van der Waals surface area contributed by atoms with E-state index in [4.69, 9.17) is 38.4 Å². The van der Waals surface area contributed by atoms with Crippen LogP contribution in [0.3, 0.4) is 0 Å². The van der Waals surface area contributed by atoms with Crippen LogP contribution in [0.4, 0.5) is 0 Å². The molecule has 11 nitrogen and oxygen atoms in total. The van der Waals surface area contributed by atoms with Crippen LogP contribution < -0.4 is 16.1 Å². The number of nitrogens with one attached hydrogen (secondary N) is 3. The SMILES string of the molecule is O=C1NC(=S)S/C1=C\c1ccc(-c2cccc(C(=O)NN3CCCCC3)c2)o1.O=C1NC(=S)S/C1=C\c1ccc(-c2cccc(C(=O)O)c2)o1. The Bertz CT molecular complexity index is 2080. The molecular formula is C35H28N4O7S4. The Morgan fingerprint density at radius 2 is 1.24 bits per heavy atom. The van der Waals surface area contributed by atoms with E-state index in [1.165, 1.54) is 42.1 Å². The van der Waals surface area contributed by atoms with Gasteiger partial charge in [0.1, 0.15) is 31.7 Å². The van der Waals surface area contributed by atoms with Crippen LogP contribution in [0, 0.1) is 0 Å². The molecule has 3 fully saturated rings. The van der Waals surface area contributed by atoms with Gasteiger partial charge in [0.25, 0.3) is 17.7 Å². The molecule has 0 unspecified atom stereocenters. The van der Waals surface area contributed by atoms with Gasteiger partial charge in [-0.15, -0.1) is 0 Å². The lowest BCUT2D eigenvalue weighted by Gasteiger charge is -2.26. The Morgan fingerprint density at radius 1 is 0.740 bits per heavy atom. The van der Waals surface area contributed by atoms with E-state index in [-0.39, 0.29) is 23.3 Å². The Kier molecular flexibility index (Phi) is 11.1. The van der Waals surface area contributed by atoms with Crippen molar-refractivity contribution in [3.8, 4) is 22.6 Å². The molecule has 0 radical (unpaired) electrons. The topological polar surface area (TPSA) is 154 Å². The van der Waals surface area contributed by atoms with Crippen molar-refractivity contribution < 1.29 is 33.1 Å². The Morgan fingerprint density at radius 3 is 1.72 bits per heavy atom. The average molecular weight is 745 g/mol. The van der Waals surface area contributed by atoms with Crippen molar-refractivity contribution >= 4 is 92.4 Å². The monoisotopic (exact) mass is 744 g/mol. The highest BCUT2D eigenvalue weighted by Crippen LogP contribution is 2.30. The molecule has 4 aromatic rings. The molecule has 7 rings (SSSR count). The quantitative estimate of drug-likeness (QED) is 0.118. The van der Waals surface area contributed by atoms with Gasteiger partial charge in [-0.2, -0.15) is 0 Å². The number of hydrogen-bond acceptors (Lipinski definition) is 11. The first-order valence-electron chi connectivity index (χ1n) is 15.3. The smallest absolute Gasteiger partial charge is 0.335 e. The molecule has 15 heteroatoms. The lowest BCUT2D eigenvalue weighted by atomic mass is 10.1. The maximum absolute atomic E-state index is 12.5. The normalized spacial score (nSPS) is 17.8. The number of benzene rings is 2. The van der Waals surface area contributed by atoms with Gasteiger partial charge in [-0.1, -0.05) is 78.6 Å². The number of carboxylic acids is 1. The maximum Gasteiger partial charge on any atom is 0.335 e. The minimum atomic E-state index is -0.997. The summed E-state index contributed by atoms with van der Waals surface area (Å²) in [6, 6.07) is 20.8. The third-order valence-corrected chi connectivity index (χ3v) is 9.83. The molecule has 254 valence electrons. The molecule has 0 bridgehead atoms. The highest BCUT2D eigenvalue weighted by molar-refractivity contribution is 8.27. The maximum atomic E-state index is 12.5. The van der Waals surface area contributed by atoms with Gasteiger partial charge in [0.15, 0.2) is 0 Å². The van der Waals surface area contributed by atoms with Crippen LogP contribution in [-0.4, -0.2) is 55.5 Å². The number of carbonyl (C=O) groups is 4. The second-order valence-corrected chi connectivity index (χ2v) is 14.5. The molecule has 3 saturated heterocycles. The zero-order valence-corrected chi connectivity index (χ0v) is 29.4. The summed E-state index contributed by atoms with van der Waals surface area (Å²) in [5.41, 5.74) is 5.19. The number of piperidine rings is 1. The molecule has 0 atom stereocenters. The molecule has 0 spiro atoms. The van der Waals surface area contributed by atoms with Crippen LogP contribution in [0.5, 0.6) is 0 Å². The molecule has 0 aliphatic carbocycles. The van der Waals surface area contributed by atoms with Crippen molar-refractivity contribution in [2.45, 2.75) is 19.3 Å². The first-order chi connectivity index (χ1) is 24.1. The van der Waals surface area contributed by atoms with Crippen LogP contribution in [0.2, 0.25) is 0 Å². The van der Waals surface area contributed by atoms with Gasteiger partial charge in [0.2, 0.25) is 0 Å². The number of rotatable bonds is 7. The minimum Gasteiger partial charge on any atom is -0.478 e. The van der Waals surface area contributed by atoms with Crippen LogP contribution >= 0.6 is 48.0 Å². The molecule has 3 aliphatic rings. The fraction of sp³-hybridized carbons (Fsp3) is 0.143. The number of carboxylic acid groups (broad SMARTS) is 1. The summed E-state index contributed by atoms with van der Waals surface area (Å²) in [6.07, 6.45) is 6.68. The van der Waals surface area contributed by atoms with Crippen molar-refractivity contribution in [2.24, 2.45) is 0 Å². The molecule has 3 amide bonds. The summed E-state index contributed by atoms with van der Waals surface area (Å²) >= 11 is 12.3. The van der Waals surface area contributed by atoms with E-state index >= 15 is 0 Å². The number of thiocarbonyl (C=S) groups is 2. The van der Waals surface area contributed by atoms with E-state index in [2.05, 4.69) is 16.1 Å². The van der Waals surface area contributed by atoms with Crippen LogP contribution in [0.1, 0.15) is 51.5 Å². The summed E-state index contributed by atoms with van der Waals surface area (Å²) in [5, 5.41) is 16.1. The van der Waals surface area contributed by atoms with Gasteiger partial charge in [-0.05, 0) is 61.4 Å².